The molecule has 2 aliphatic rings. The average Bonchev–Trinajstić information content (AvgIpc) is 3.45. The van der Waals surface area contributed by atoms with Gasteiger partial charge in [0.15, 0.2) is 12.6 Å². The molecule has 0 aromatic rings. The number of ether oxygens (including phenoxy) is 4. The third kappa shape index (κ3) is 38.8. The number of allylic oxidation sites excluding steroid dienone is 8. The maximum Gasteiger partial charge on any atom is 0.220 e. The lowest BCUT2D eigenvalue weighted by Gasteiger charge is -2.46. The summed E-state index contributed by atoms with van der Waals surface area (Å²) in [6.07, 6.45) is 53.4. The van der Waals surface area contributed by atoms with Crippen LogP contribution in [0.5, 0.6) is 0 Å². The molecule has 9 N–H and O–H groups in total. The fourth-order valence-corrected chi connectivity index (χ4v) is 11.3. The van der Waals surface area contributed by atoms with E-state index in [2.05, 4.69) is 67.8 Å². The van der Waals surface area contributed by atoms with Gasteiger partial charge in [0, 0.05) is 6.42 Å². The van der Waals surface area contributed by atoms with Gasteiger partial charge < -0.3 is 65.1 Å². The maximum absolute atomic E-state index is 13.2. The van der Waals surface area contributed by atoms with Gasteiger partial charge in [-0.1, -0.05) is 281 Å². The molecule has 0 bridgehead atoms. The van der Waals surface area contributed by atoms with Gasteiger partial charge in [-0.25, -0.2) is 0 Å². The van der Waals surface area contributed by atoms with Gasteiger partial charge in [-0.05, 0) is 51.4 Å². The molecule has 12 unspecified atom stereocenters. The van der Waals surface area contributed by atoms with Gasteiger partial charge in [0.05, 0.1) is 32.0 Å². The molecule has 1 amide bonds. The minimum Gasteiger partial charge on any atom is -0.394 e. The van der Waals surface area contributed by atoms with Crippen molar-refractivity contribution in [2.24, 2.45) is 0 Å². The summed E-state index contributed by atoms with van der Waals surface area (Å²) in [6.45, 7) is 2.72. The third-order valence-electron chi connectivity index (χ3n) is 16.8. The van der Waals surface area contributed by atoms with Crippen molar-refractivity contribution in [3.63, 3.8) is 0 Å². The zero-order valence-corrected chi connectivity index (χ0v) is 52.7. The van der Waals surface area contributed by atoms with Gasteiger partial charge in [0.25, 0.3) is 0 Å². The molecule has 2 heterocycles. The molecule has 0 aliphatic carbocycles. The van der Waals surface area contributed by atoms with E-state index in [0.717, 1.165) is 77.0 Å². The molecule has 12 atom stereocenters. The number of aliphatic hydroxyl groups is 8. The lowest BCUT2D eigenvalue weighted by Crippen LogP contribution is -2.65. The van der Waals surface area contributed by atoms with Crippen LogP contribution in [0.1, 0.15) is 290 Å². The molecular weight excluding hydrogens is 1050 g/mol. The highest BCUT2D eigenvalue weighted by molar-refractivity contribution is 5.76. The third-order valence-corrected chi connectivity index (χ3v) is 16.8. The molecule has 0 radical (unpaired) electrons. The van der Waals surface area contributed by atoms with Gasteiger partial charge in [-0.2, -0.15) is 0 Å². The smallest absolute Gasteiger partial charge is 0.220 e. The van der Waals surface area contributed by atoms with E-state index in [1.54, 1.807) is 0 Å². The first kappa shape index (κ1) is 77.0. The predicted molar refractivity (Wildman–Crippen MR) is 337 cm³/mol. The Hall–Kier alpha value is -2.05. The van der Waals surface area contributed by atoms with Crippen LogP contribution in [0.15, 0.2) is 48.6 Å². The van der Waals surface area contributed by atoms with E-state index < -0.39 is 86.8 Å². The molecule has 486 valence electrons. The average molecular weight is 1180 g/mol. The van der Waals surface area contributed by atoms with Gasteiger partial charge in [0.2, 0.25) is 5.91 Å². The van der Waals surface area contributed by atoms with Crippen LogP contribution in [-0.2, 0) is 23.7 Å². The Morgan fingerprint density at radius 3 is 1.28 bits per heavy atom. The van der Waals surface area contributed by atoms with Crippen LogP contribution >= 0.6 is 0 Å². The molecule has 2 rings (SSSR count). The minimum atomic E-state index is -1.78. The number of amides is 1. The highest BCUT2D eigenvalue weighted by Crippen LogP contribution is 2.30. The summed E-state index contributed by atoms with van der Waals surface area (Å²) < 4.78 is 22.8. The number of rotatable bonds is 56. The van der Waals surface area contributed by atoms with Crippen LogP contribution in [0, 0.1) is 0 Å². The highest BCUT2D eigenvalue weighted by atomic mass is 16.7. The number of aliphatic hydroxyl groups excluding tert-OH is 8. The molecule has 0 aromatic carbocycles. The minimum absolute atomic E-state index is 0.205. The van der Waals surface area contributed by atoms with E-state index in [-0.39, 0.29) is 12.5 Å². The van der Waals surface area contributed by atoms with E-state index in [1.807, 2.05) is 0 Å². The topological polar surface area (TPSA) is 228 Å². The fourth-order valence-electron chi connectivity index (χ4n) is 11.3. The summed E-state index contributed by atoms with van der Waals surface area (Å²) in [5, 5.41) is 87.0. The van der Waals surface area contributed by atoms with E-state index >= 15 is 0 Å². The quantitative estimate of drug-likeness (QED) is 0.0204. The van der Waals surface area contributed by atoms with Gasteiger partial charge in [-0.15, -0.1) is 0 Å². The molecule has 0 saturated carbocycles. The van der Waals surface area contributed by atoms with Crippen molar-refractivity contribution in [3.8, 4) is 0 Å². The summed E-state index contributed by atoms with van der Waals surface area (Å²) in [7, 11) is 0. The maximum atomic E-state index is 13.2. The van der Waals surface area contributed by atoms with Crippen molar-refractivity contribution in [2.45, 2.75) is 364 Å². The Bertz CT molecular complexity index is 1580. The molecule has 2 saturated heterocycles. The van der Waals surface area contributed by atoms with Gasteiger partial charge in [-0.3, -0.25) is 4.79 Å². The van der Waals surface area contributed by atoms with Crippen molar-refractivity contribution in [1.82, 2.24) is 5.32 Å². The van der Waals surface area contributed by atoms with Crippen LogP contribution in [-0.4, -0.2) is 140 Å². The van der Waals surface area contributed by atoms with Crippen molar-refractivity contribution >= 4 is 5.91 Å². The van der Waals surface area contributed by atoms with Crippen LogP contribution in [0.3, 0.4) is 0 Å². The number of unbranched alkanes of at least 4 members (excludes halogenated alkanes) is 35. The summed E-state index contributed by atoms with van der Waals surface area (Å²) in [6, 6.07) is -0.824. The van der Waals surface area contributed by atoms with Crippen molar-refractivity contribution < 1.29 is 64.6 Å². The zero-order valence-electron chi connectivity index (χ0n) is 52.7. The van der Waals surface area contributed by atoms with Crippen LogP contribution in [0.4, 0.5) is 0 Å². The lowest BCUT2D eigenvalue weighted by molar-refractivity contribution is -0.359. The Labute approximate surface area is 505 Å². The fraction of sp³-hybridized carbons (Fsp3) is 0.870. The monoisotopic (exact) mass is 1180 g/mol. The van der Waals surface area contributed by atoms with E-state index in [4.69, 9.17) is 18.9 Å². The van der Waals surface area contributed by atoms with Crippen LogP contribution < -0.4 is 5.32 Å². The highest BCUT2D eigenvalue weighted by Gasteiger charge is 2.51. The number of nitrogens with one attached hydrogen (secondary N) is 1. The van der Waals surface area contributed by atoms with Crippen molar-refractivity contribution in [2.75, 3.05) is 19.8 Å². The van der Waals surface area contributed by atoms with Crippen molar-refractivity contribution in [3.05, 3.63) is 48.6 Å². The predicted octanol–water partition coefficient (Wildman–Crippen LogP) is 13.5. The molecule has 14 heteroatoms. The van der Waals surface area contributed by atoms with E-state index in [0.29, 0.717) is 12.8 Å². The SMILES string of the molecule is CC/C=C\C/C=C\C/C=C\C/C=C\CCCCCCCCCCCCCCCCCCCCCCCCCCCCCCC(=O)NC(COC1OC(CO)C(OC2OC(CO)C(O)C(O)C2O)C(O)C1O)C(O)CCCCCCCCCC. The molecule has 2 fully saturated rings. The van der Waals surface area contributed by atoms with E-state index in [9.17, 15) is 45.6 Å². The molecule has 2 aliphatic heterocycles. The second-order valence-electron chi connectivity index (χ2n) is 24.3. The first-order chi connectivity index (χ1) is 40.6. The summed E-state index contributed by atoms with van der Waals surface area (Å²) >= 11 is 0. The van der Waals surface area contributed by atoms with Gasteiger partial charge >= 0.3 is 0 Å². The Morgan fingerprint density at radius 1 is 0.446 bits per heavy atom. The Kier molecular flexibility index (Phi) is 50.2. The Balaban J connectivity index is 1.47. The number of hydrogen-bond acceptors (Lipinski definition) is 13. The number of hydrogen-bond donors (Lipinski definition) is 9. The molecule has 83 heavy (non-hydrogen) atoms. The number of carbonyl (C=O) groups is 1. The molecule has 0 aromatic heterocycles. The second kappa shape index (κ2) is 54.1. The summed E-state index contributed by atoms with van der Waals surface area (Å²) in [5.41, 5.74) is 0. The Morgan fingerprint density at radius 2 is 0.831 bits per heavy atom. The summed E-state index contributed by atoms with van der Waals surface area (Å²) in [4.78, 5) is 13.2. The van der Waals surface area contributed by atoms with Gasteiger partial charge in [0.1, 0.15) is 48.8 Å². The molecule has 14 nitrogen and oxygen atoms in total. The lowest BCUT2D eigenvalue weighted by atomic mass is 9.97. The van der Waals surface area contributed by atoms with E-state index in [1.165, 1.54) is 186 Å². The zero-order chi connectivity index (χ0) is 60.2. The largest absolute Gasteiger partial charge is 0.394 e. The van der Waals surface area contributed by atoms with Crippen molar-refractivity contribution in [1.29, 1.82) is 0 Å². The normalized spacial score (nSPS) is 24.1. The summed E-state index contributed by atoms with van der Waals surface area (Å²) in [5.74, 6) is -0.205. The number of carbonyl (C=O) groups excluding carboxylic acids is 1. The van der Waals surface area contributed by atoms with Crippen LogP contribution in [0.25, 0.3) is 0 Å². The molecule has 0 spiro atoms. The first-order valence-corrected chi connectivity index (χ1v) is 34.4. The second-order valence-corrected chi connectivity index (χ2v) is 24.3. The van der Waals surface area contributed by atoms with Crippen LogP contribution in [0.2, 0.25) is 0 Å². The standard InChI is InChI=1S/C69H127NO13/c1-3-5-7-9-11-13-14-15-16-17-18-19-20-21-22-23-24-25-26-27-28-29-30-31-32-33-34-35-36-37-38-39-40-41-42-43-44-45-47-49-51-53-61(74)70-57(58(73)52-50-48-46-12-10-8-6-4-2)56-80-68-66(79)64(77)67(60(55-72)82-68)83-69-65(78)63(76)62(75)59(54-71)81-69/h5,7,11,13,15-16,18-19,57-60,62-69,71-73,75-79H,3-4,6,8-10,12,14,17,20-56H2,1-2H3,(H,70,74)/b7-5-,13-11-,16-15-,19-18-. The molecular formula is C69H127NO13. The first-order valence-electron chi connectivity index (χ1n) is 34.4.